The molecule has 3 aromatic rings. The van der Waals surface area contributed by atoms with Crippen LogP contribution in [0.2, 0.25) is 15.1 Å². The third-order valence-corrected chi connectivity index (χ3v) is 6.28. The number of halogens is 4. The maximum Gasteiger partial charge on any atom is 0.249 e. The Morgan fingerprint density at radius 2 is 1.76 bits per heavy atom. The number of aryl methyl sites for hydroxylation is 1. The molecule has 0 radical (unpaired) electrons. The Hall–Kier alpha value is -2.58. The highest BCUT2D eigenvalue weighted by atomic mass is 79.9. The minimum absolute atomic E-state index is 0.315. The number of hydrazone groups is 1. The van der Waals surface area contributed by atoms with E-state index in [4.69, 9.17) is 39.5 Å². The number of anilines is 1. The Morgan fingerprint density at radius 1 is 0.971 bits per heavy atom. The van der Waals surface area contributed by atoms with Crippen LogP contribution in [-0.4, -0.2) is 18.0 Å². The second-order valence-corrected chi connectivity index (χ2v) is 9.29. The molecule has 34 heavy (non-hydrogen) atoms. The van der Waals surface area contributed by atoms with E-state index in [2.05, 4.69) is 31.8 Å². The summed E-state index contributed by atoms with van der Waals surface area (Å²) in [7, 11) is 0. The maximum absolute atomic E-state index is 12.0. The summed E-state index contributed by atoms with van der Waals surface area (Å²) in [6.07, 6.45) is 1.08. The first-order valence-corrected chi connectivity index (χ1v) is 11.9. The standard InChI is InChI=1S/C24H19BrCl3N3O3/c1-14-2-5-17(10-20(14)27)30-23(32)11-24(33)31-29-12-15-4-7-22(18(25)8-15)34-13-16-3-6-19(26)21(28)9-16/h2-10,12H,11,13H2,1H3,(H,30,32)(H,31,33). The zero-order chi connectivity index (χ0) is 24.7. The van der Waals surface area contributed by atoms with Gasteiger partial charge in [-0.2, -0.15) is 5.10 Å². The highest BCUT2D eigenvalue weighted by molar-refractivity contribution is 9.10. The van der Waals surface area contributed by atoms with Gasteiger partial charge in [-0.15, -0.1) is 0 Å². The lowest BCUT2D eigenvalue weighted by Gasteiger charge is -2.09. The Labute approximate surface area is 220 Å². The number of carbonyl (C=O) groups is 2. The molecule has 0 bridgehead atoms. The molecule has 0 spiro atoms. The van der Waals surface area contributed by atoms with Gasteiger partial charge in [0.25, 0.3) is 0 Å². The number of nitrogens with zero attached hydrogens (tertiary/aromatic N) is 1. The molecule has 2 amide bonds. The molecule has 0 atom stereocenters. The molecule has 10 heteroatoms. The van der Waals surface area contributed by atoms with E-state index >= 15 is 0 Å². The zero-order valence-electron chi connectivity index (χ0n) is 17.9. The molecule has 0 heterocycles. The molecule has 0 aromatic heterocycles. The average Bonchev–Trinajstić information content (AvgIpc) is 2.78. The number of nitrogens with one attached hydrogen (secondary N) is 2. The molecule has 0 aliphatic rings. The second-order valence-electron chi connectivity index (χ2n) is 7.21. The molecule has 0 fully saturated rings. The fourth-order valence-electron chi connectivity index (χ4n) is 2.74. The summed E-state index contributed by atoms with van der Waals surface area (Å²) in [5.74, 6) is -0.397. The van der Waals surface area contributed by atoms with Crippen molar-refractivity contribution in [1.82, 2.24) is 5.43 Å². The summed E-state index contributed by atoms with van der Waals surface area (Å²) in [4.78, 5) is 24.0. The van der Waals surface area contributed by atoms with Crippen molar-refractivity contribution in [3.8, 4) is 5.75 Å². The summed E-state index contributed by atoms with van der Waals surface area (Å²) >= 11 is 21.4. The van der Waals surface area contributed by atoms with Gasteiger partial charge in [0.05, 0.1) is 20.7 Å². The molecule has 0 saturated carbocycles. The van der Waals surface area contributed by atoms with Crippen LogP contribution in [0.1, 0.15) is 23.1 Å². The molecule has 0 aliphatic heterocycles. The molecule has 0 aliphatic carbocycles. The summed E-state index contributed by atoms with van der Waals surface area (Å²) < 4.78 is 6.51. The first kappa shape index (κ1) is 26.0. The lowest BCUT2D eigenvalue weighted by molar-refractivity contribution is -0.126. The molecule has 0 saturated heterocycles. The maximum atomic E-state index is 12.0. The van der Waals surface area contributed by atoms with Crippen LogP contribution in [0.5, 0.6) is 5.75 Å². The quantitative estimate of drug-likeness (QED) is 0.174. The number of hydrogen-bond donors (Lipinski definition) is 2. The van der Waals surface area contributed by atoms with E-state index in [0.717, 1.165) is 11.1 Å². The van der Waals surface area contributed by atoms with Crippen molar-refractivity contribution in [3.05, 3.63) is 90.8 Å². The van der Waals surface area contributed by atoms with Crippen molar-refractivity contribution in [1.29, 1.82) is 0 Å². The van der Waals surface area contributed by atoms with Crippen LogP contribution in [0.4, 0.5) is 5.69 Å². The van der Waals surface area contributed by atoms with Crippen LogP contribution in [0.25, 0.3) is 0 Å². The van der Waals surface area contributed by atoms with E-state index in [1.54, 1.807) is 48.5 Å². The molecular weight excluding hydrogens is 565 g/mol. The van der Waals surface area contributed by atoms with Gasteiger partial charge in [0.15, 0.2) is 0 Å². The fraction of sp³-hybridized carbons (Fsp3) is 0.125. The topological polar surface area (TPSA) is 79.8 Å². The van der Waals surface area contributed by atoms with E-state index in [1.807, 2.05) is 13.0 Å². The monoisotopic (exact) mass is 581 g/mol. The van der Waals surface area contributed by atoms with Gasteiger partial charge in [-0.25, -0.2) is 5.43 Å². The van der Waals surface area contributed by atoms with Crippen LogP contribution >= 0.6 is 50.7 Å². The number of carbonyl (C=O) groups excluding carboxylic acids is 2. The molecule has 176 valence electrons. The van der Waals surface area contributed by atoms with Crippen LogP contribution in [0.15, 0.2) is 64.2 Å². The fourth-order valence-corrected chi connectivity index (χ4v) is 3.76. The van der Waals surface area contributed by atoms with Gasteiger partial charge in [-0.1, -0.05) is 46.9 Å². The average molecular weight is 584 g/mol. The van der Waals surface area contributed by atoms with Gasteiger partial charge in [0, 0.05) is 10.7 Å². The molecule has 6 nitrogen and oxygen atoms in total. The van der Waals surface area contributed by atoms with Crippen molar-refractivity contribution < 1.29 is 14.3 Å². The van der Waals surface area contributed by atoms with Crippen molar-refractivity contribution >= 4 is 74.4 Å². The van der Waals surface area contributed by atoms with E-state index < -0.39 is 11.8 Å². The lowest BCUT2D eigenvalue weighted by atomic mass is 10.2. The Morgan fingerprint density at radius 3 is 2.47 bits per heavy atom. The van der Waals surface area contributed by atoms with Gasteiger partial charge >= 0.3 is 0 Å². The number of rotatable bonds is 8. The second kappa shape index (κ2) is 12.2. The molecule has 0 unspecified atom stereocenters. The predicted molar refractivity (Wildman–Crippen MR) is 140 cm³/mol. The van der Waals surface area contributed by atoms with Crippen LogP contribution in [-0.2, 0) is 16.2 Å². The molecular formula is C24H19BrCl3N3O3. The number of hydrogen-bond acceptors (Lipinski definition) is 4. The van der Waals surface area contributed by atoms with Crippen molar-refractivity contribution in [3.63, 3.8) is 0 Å². The normalized spacial score (nSPS) is 10.9. The number of amides is 2. The van der Waals surface area contributed by atoms with E-state index in [-0.39, 0.29) is 6.42 Å². The van der Waals surface area contributed by atoms with Gasteiger partial charge in [-0.3, -0.25) is 9.59 Å². The van der Waals surface area contributed by atoms with E-state index in [1.165, 1.54) is 6.21 Å². The van der Waals surface area contributed by atoms with Crippen molar-refractivity contribution in [2.45, 2.75) is 20.0 Å². The lowest BCUT2D eigenvalue weighted by Crippen LogP contribution is -2.24. The van der Waals surface area contributed by atoms with Crippen LogP contribution in [0, 0.1) is 6.92 Å². The van der Waals surface area contributed by atoms with Crippen LogP contribution < -0.4 is 15.5 Å². The summed E-state index contributed by atoms with van der Waals surface area (Å²) in [5, 5.41) is 8.00. The number of benzene rings is 3. The Balaban J connectivity index is 1.48. The van der Waals surface area contributed by atoms with Gasteiger partial charge in [0.2, 0.25) is 11.8 Å². The summed E-state index contributed by atoms with van der Waals surface area (Å²) in [6.45, 7) is 2.17. The smallest absolute Gasteiger partial charge is 0.249 e. The Kier molecular flexibility index (Phi) is 9.36. The zero-order valence-corrected chi connectivity index (χ0v) is 21.7. The Bertz CT molecular complexity index is 1250. The highest BCUT2D eigenvalue weighted by Gasteiger charge is 2.10. The van der Waals surface area contributed by atoms with Gasteiger partial charge in [-0.05, 0) is 82.0 Å². The molecule has 3 rings (SSSR count). The molecule has 2 N–H and O–H groups in total. The minimum Gasteiger partial charge on any atom is -0.488 e. The summed E-state index contributed by atoms with van der Waals surface area (Å²) in [6, 6.07) is 15.7. The highest BCUT2D eigenvalue weighted by Crippen LogP contribution is 2.28. The predicted octanol–water partition coefficient (Wildman–Crippen LogP) is 6.78. The van der Waals surface area contributed by atoms with Gasteiger partial charge in [0.1, 0.15) is 18.8 Å². The largest absolute Gasteiger partial charge is 0.488 e. The molecule has 3 aromatic carbocycles. The first-order valence-electron chi connectivity index (χ1n) is 9.95. The van der Waals surface area contributed by atoms with Crippen LogP contribution in [0.3, 0.4) is 0 Å². The third-order valence-electron chi connectivity index (χ3n) is 4.51. The third kappa shape index (κ3) is 7.74. The SMILES string of the molecule is Cc1ccc(NC(=O)CC(=O)NN=Cc2ccc(OCc3ccc(Cl)c(Cl)c3)c(Br)c2)cc1Cl. The first-order chi connectivity index (χ1) is 16.2. The van der Waals surface area contributed by atoms with E-state index in [9.17, 15) is 9.59 Å². The van der Waals surface area contributed by atoms with Crippen molar-refractivity contribution in [2.24, 2.45) is 5.10 Å². The number of ether oxygens (including phenoxy) is 1. The van der Waals surface area contributed by atoms with E-state index in [0.29, 0.717) is 43.1 Å². The van der Waals surface area contributed by atoms with Gasteiger partial charge < -0.3 is 10.1 Å². The summed E-state index contributed by atoms with van der Waals surface area (Å²) in [5.41, 5.74) is 5.34. The van der Waals surface area contributed by atoms with Crippen molar-refractivity contribution in [2.75, 3.05) is 5.32 Å². The minimum atomic E-state index is -0.549.